The Morgan fingerprint density at radius 3 is 1.88 bits per heavy atom. The maximum Gasteiger partial charge on any atom is 0.0342 e. The molecule has 0 nitrogen and oxygen atoms in total. The Labute approximate surface area is 152 Å². The summed E-state index contributed by atoms with van der Waals surface area (Å²) in [5.74, 6) is 0. The molecule has 0 unspecified atom stereocenters. The summed E-state index contributed by atoms with van der Waals surface area (Å²) in [6, 6.07) is 34.2. The van der Waals surface area contributed by atoms with Gasteiger partial charge in [0.2, 0.25) is 0 Å². The largest absolute Gasteiger partial charge is 0.144 e. The Balaban J connectivity index is 1.77. The van der Waals surface area contributed by atoms with E-state index >= 15 is 0 Å². The maximum absolute atomic E-state index is 2.26. The van der Waals surface area contributed by atoms with Crippen LogP contribution in [0, 0.1) is 0 Å². The molecule has 1 heteroatoms. The molecular weight excluding hydrogens is 320 g/mol. The van der Waals surface area contributed by atoms with Crippen molar-refractivity contribution in [1.82, 2.24) is 0 Å². The molecule has 120 valence electrons. The van der Waals surface area contributed by atoms with Gasteiger partial charge in [0.25, 0.3) is 0 Å². The number of hydrogen-bond acceptors (Lipinski definition) is 1. The minimum absolute atomic E-state index is 1.21. The molecule has 1 aromatic heterocycles. The van der Waals surface area contributed by atoms with Crippen LogP contribution in [0.4, 0.5) is 0 Å². The molecule has 0 aliphatic carbocycles. The van der Waals surface area contributed by atoms with Crippen LogP contribution in [0.15, 0.2) is 102 Å². The van der Waals surface area contributed by atoms with Crippen molar-refractivity contribution in [3.63, 3.8) is 0 Å². The summed E-state index contributed by atoms with van der Waals surface area (Å²) in [4.78, 5) is 1.31. The van der Waals surface area contributed by atoms with E-state index in [2.05, 4.69) is 109 Å². The van der Waals surface area contributed by atoms with E-state index in [0.717, 1.165) is 0 Å². The third-order valence-electron chi connectivity index (χ3n) is 4.20. The molecule has 1 heterocycles. The van der Waals surface area contributed by atoms with Gasteiger partial charge in [-0.3, -0.25) is 0 Å². The molecule has 25 heavy (non-hydrogen) atoms. The van der Waals surface area contributed by atoms with Gasteiger partial charge in [-0.1, -0.05) is 91.0 Å². The fraction of sp³-hybridized carbons (Fsp3) is 0. The highest BCUT2D eigenvalue weighted by molar-refractivity contribution is 7.13. The molecule has 0 saturated heterocycles. The Hall–Kier alpha value is -2.90. The van der Waals surface area contributed by atoms with Crippen molar-refractivity contribution in [2.45, 2.75) is 0 Å². The summed E-state index contributed by atoms with van der Waals surface area (Å²) in [7, 11) is 0. The van der Waals surface area contributed by atoms with E-state index in [1.165, 1.54) is 32.7 Å². The van der Waals surface area contributed by atoms with Crippen molar-refractivity contribution in [3.05, 3.63) is 119 Å². The highest BCUT2D eigenvalue weighted by Crippen LogP contribution is 2.30. The van der Waals surface area contributed by atoms with Crippen molar-refractivity contribution in [2.24, 2.45) is 0 Å². The van der Waals surface area contributed by atoms with Gasteiger partial charge >= 0.3 is 0 Å². The van der Waals surface area contributed by atoms with Crippen LogP contribution in [0.1, 0.15) is 16.7 Å². The van der Waals surface area contributed by atoms with Gasteiger partial charge in [-0.25, -0.2) is 0 Å². The summed E-state index contributed by atoms with van der Waals surface area (Å²) in [6.07, 6.45) is 2.26. The topological polar surface area (TPSA) is 0 Å². The molecule has 0 spiro atoms. The molecule has 4 aromatic rings. The second-order valence-corrected chi connectivity index (χ2v) is 6.84. The first kappa shape index (κ1) is 15.6. The van der Waals surface area contributed by atoms with Gasteiger partial charge in [0.1, 0.15) is 0 Å². The second-order valence-electron chi connectivity index (χ2n) is 5.89. The first-order valence-electron chi connectivity index (χ1n) is 8.37. The van der Waals surface area contributed by atoms with Gasteiger partial charge in [-0.05, 0) is 45.3 Å². The van der Waals surface area contributed by atoms with Crippen LogP contribution in [0.5, 0.6) is 0 Å². The highest BCUT2D eigenvalue weighted by atomic mass is 32.1. The molecule has 4 rings (SSSR count). The highest BCUT2D eigenvalue weighted by Gasteiger charge is 2.06. The smallest absolute Gasteiger partial charge is 0.0342 e. The van der Waals surface area contributed by atoms with E-state index in [-0.39, 0.29) is 0 Å². The fourth-order valence-corrected chi connectivity index (χ4v) is 3.66. The summed E-state index contributed by atoms with van der Waals surface area (Å²) < 4.78 is 0. The van der Waals surface area contributed by atoms with Gasteiger partial charge in [-0.2, -0.15) is 0 Å². The van der Waals surface area contributed by atoms with Gasteiger partial charge < -0.3 is 0 Å². The Morgan fingerprint density at radius 1 is 0.600 bits per heavy atom. The average Bonchev–Trinajstić information content (AvgIpc) is 3.23. The zero-order valence-electron chi connectivity index (χ0n) is 13.8. The number of rotatable bonds is 4. The quantitative estimate of drug-likeness (QED) is 0.351. The number of hydrogen-bond donors (Lipinski definition) is 0. The normalized spacial score (nSPS) is 11.4. The Kier molecular flexibility index (Phi) is 4.58. The predicted molar refractivity (Wildman–Crippen MR) is 110 cm³/mol. The van der Waals surface area contributed by atoms with Crippen LogP contribution in [0.25, 0.3) is 22.1 Å². The van der Waals surface area contributed by atoms with Crippen LogP contribution in [0.2, 0.25) is 0 Å². The molecule has 0 radical (unpaired) electrons. The lowest BCUT2D eigenvalue weighted by Gasteiger charge is -2.10. The van der Waals surface area contributed by atoms with Crippen molar-refractivity contribution >= 4 is 23.0 Å². The van der Waals surface area contributed by atoms with Gasteiger partial charge in [0.15, 0.2) is 0 Å². The zero-order valence-corrected chi connectivity index (χ0v) is 14.6. The number of benzene rings is 3. The van der Waals surface area contributed by atoms with E-state index < -0.39 is 0 Å². The van der Waals surface area contributed by atoms with E-state index in [1.54, 1.807) is 11.3 Å². The van der Waals surface area contributed by atoms with E-state index in [4.69, 9.17) is 0 Å². The lowest BCUT2D eigenvalue weighted by molar-refractivity contribution is 1.55. The van der Waals surface area contributed by atoms with Gasteiger partial charge in [0.05, 0.1) is 0 Å². The zero-order chi connectivity index (χ0) is 16.9. The molecular formula is C24H18S. The Morgan fingerprint density at radius 2 is 1.24 bits per heavy atom. The summed E-state index contributed by atoms with van der Waals surface area (Å²) in [5, 5.41) is 2.12. The molecule has 0 amide bonds. The van der Waals surface area contributed by atoms with Crippen LogP contribution >= 0.6 is 11.3 Å². The minimum Gasteiger partial charge on any atom is -0.144 e. The third kappa shape index (κ3) is 3.62. The third-order valence-corrected chi connectivity index (χ3v) is 5.12. The van der Waals surface area contributed by atoms with Crippen molar-refractivity contribution in [1.29, 1.82) is 0 Å². The molecule has 0 atom stereocenters. The van der Waals surface area contributed by atoms with Crippen molar-refractivity contribution in [3.8, 4) is 10.4 Å². The fourth-order valence-electron chi connectivity index (χ4n) is 2.92. The second kappa shape index (κ2) is 7.33. The van der Waals surface area contributed by atoms with Gasteiger partial charge in [-0.15, -0.1) is 11.3 Å². The minimum atomic E-state index is 1.21. The SMILES string of the molecule is C(=C(c1ccccc1)c1ccc(-c2cccs2)cc1)c1ccccc1. The lowest BCUT2D eigenvalue weighted by Crippen LogP contribution is -1.88. The molecule has 0 aliphatic heterocycles. The van der Waals surface area contributed by atoms with Crippen LogP contribution < -0.4 is 0 Å². The van der Waals surface area contributed by atoms with E-state index in [9.17, 15) is 0 Å². The summed E-state index contributed by atoms with van der Waals surface area (Å²) >= 11 is 1.77. The average molecular weight is 338 g/mol. The molecule has 0 N–H and O–H groups in total. The van der Waals surface area contributed by atoms with Crippen molar-refractivity contribution < 1.29 is 0 Å². The van der Waals surface area contributed by atoms with E-state index in [0.29, 0.717) is 0 Å². The first-order valence-corrected chi connectivity index (χ1v) is 9.24. The summed E-state index contributed by atoms with van der Waals surface area (Å²) in [5.41, 5.74) is 6.18. The van der Waals surface area contributed by atoms with Crippen LogP contribution in [0.3, 0.4) is 0 Å². The predicted octanol–water partition coefficient (Wildman–Crippen LogP) is 7.00. The number of thiophene rings is 1. The monoisotopic (exact) mass is 338 g/mol. The molecule has 0 saturated carbocycles. The standard InChI is InChI=1S/C24H18S/c1-3-8-19(9-4-1)18-23(20-10-5-2-6-11-20)21-13-15-22(16-14-21)24-12-7-17-25-24/h1-18H. The molecule has 3 aromatic carbocycles. The molecule has 0 aliphatic rings. The molecule has 0 bridgehead atoms. The molecule has 0 fully saturated rings. The Bertz CT molecular complexity index is 948. The maximum atomic E-state index is 2.26. The van der Waals surface area contributed by atoms with Crippen LogP contribution in [-0.2, 0) is 0 Å². The summed E-state index contributed by atoms with van der Waals surface area (Å²) in [6.45, 7) is 0. The van der Waals surface area contributed by atoms with E-state index in [1.807, 2.05) is 0 Å². The van der Waals surface area contributed by atoms with Crippen LogP contribution in [-0.4, -0.2) is 0 Å². The van der Waals surface area contributed by atoms with Gasteiger partial charge in [0, 0.05) is 4.88 Å². The lowest BCUT2D eigenvalue weighted by atomic mass is 9.95. The first-order chi connectivity index (χ1) is 12.4. The van der Waals surface area contributed by atoms with Crippen molar-refractivity contribution in [2.75, 3.05) is 0 Å².